The molecule has 3 N–H and O–H groups in total. The van der Waals surface area contributed by atoms with Crippen molar-refractivity contribution in [1.82, 2.24) is 20.9 Å². The summed E-state index contributed by atoms with van der Waals surface area (Å²) in [6.07, 6.45) is 0.889. The quantitative estimate of drug-likeness (QED) is 0.608. The van der Waals surface area contributed by atoms with Gasteiger partial charge in [0.2, 0.25) is 5.91 Å². The van der Waals surface area contributed by atoms with Gasteiger partial charge in [0.15, 0.2) is 0 Å². The van der Waals surface area contributed by atoms with Crippen LogP contribution in [0.25, 0.3) is 0 Å². The highest BCUT2D eigenvalue weighted by Crippen LogP contribution is 2.14. The van der Waals surface area contributed by atoms with Crippen LogP contribution in [0.5, 0.6) is 0 Å². The van der Waals surface area contributed by atoms with Crippen LogP contribution in [0.2, 0.25) is 0 Å². The van der Waals surface area contributed by atoms with Crippen LogP contribution in [0.4, 0.5) is 0 Å². The number of nitrogens with zero attached hydrogens (tertiary/aromatic N) is 1. The molecule has 0 aromatic heterocycles. The number of rotatable bonds is 8. The molecule has 2 aromatic carbocycles. The lowest BCUT2D eigenvalue weighted by atomic mass is 10.1. The van der Waals surface area contributed by atoms with Gasteiger partial charge in [-0.15, -0.1) is 0 Å². The lowest BCUT2D eigenvalue weighted by Crippen LogP contribution is -2.45. The number of hydrogen-bond donors (Lipinski definition) is 3. The van der Waals surface area contributed by atoms with Crippen molar-refractivity contribution in [3.05, 3.63) is 71.8 Å². The molecule has 28 heavy (non-hydrogen) atoms. The normalized spacial score (nSPS) is 15.6. The van der Waals surface area contributed by atoms with Crippen molar-refractivity contribution in [2.24, 2.45) is 0 Å². The van der Waals surface area contributed by atoms with Crippen molar-refractivity contribution in [2.45, 2.75) is 12.5 Å². The summed E-state index contributed by atoms with van der Waals surface area (Å²) < 4.78 is 0. The number of piperazine rings is 1. The number of carbonyl (C=O) groups is 2. The third-order valence-electron chi connectivity index (χ3n) is 4.87. The minimum Gasteiger partial charge on any atom is -0.354 e. The van der Waals surface area contributed by atoms with Crippen LogP contribution in [-0.2, 0) is 4.79 Å². The third-order valence-corrected chi connectivity index (χ3v) is 4.87. The highest BCUT2D eigenvalue weighted by molar-refractivity contribution is 5.97. The summed E-state index contributed by atoms with van der Waals surface area (Å²) in [4.78, 5) is 27.8. The van der Waals surface area contributed by atoms with E-state index in [1.54, 1.807) is 12.1 Å². The largest absolute Gasteiger partial charge is 0.354 e. The first kappa shape index (κ1) is 20.0. The van der Waals surface area contributed by atoms with Crippen LogP contribution < -0.4 is 16.0 Å². The Hall–Kier alpha value is -2.70. The second kappa shape index (κ2) is 10.6. The monoisotopic (exact) mass is 380 g/mol. The first-order chi connectivity index (χ1) is 13.7. The maximum atomic E-state index is 12.8. The molecule has 6 heteroatoms. The Morgan fingerprint density at radius 1 is 0.964 bits per heavy atom. The fraction of sp³-hybridized carbons (Fsp3) is 0.364. The average molecular weight is 380 g/mol. The second-order valence-electron chi connectivity index (χ2n) is 6.92. The molecule has 1 unspecified atom stereocenters. The van der Waals surface area contributed by atoms with Crippen LogP contribution in [-0.4, -0.2) is 56.0 Å². The molecule has 3 rings (SSSR count). The van der Waals surface area contributed by atoms with E-state index in [1.165, 1.54) is 0 Å². The summed E-state index contributed by atoms with van der Waals surface area (Å²) in [7, 11) is 0. The van der Waals surface area contributed by atoms with E-state index in [1.807, 2.05) is 48.5 Å². The van der Waals surface area contributed by atoms with E-state index in [4.69, 9.17) is 0 Å². The summed E-state index contributed by atoms with van der Waals surface area (Å²) in [5.74, 6) is -0.443. The van der Waals surface area contributed by atoms with E-state index in [-0.39, 0.29) is 11.8 Å². The summed E-state index contributed by atoms with van der Waals surface area (Å²) in [6.45, 7) is 5.70. The minimum absolute atomic E-state index is 0.184. The first-order valence-electron chi connectivity index (χ1n) is 9.85. The Morgan fingerprint density at radius 2 is 1.61 bits per heavy atom. The molecule has 6 nitrogen and oxygen atoms in total. The van der Waals surface area contributed by atoms with E-state index < -0.39 is 6.04 Å². The van der Waals surface area contributed by atoms with E-state index in [0.717, 1.165) is 44.7 Å². The van der Waals surface area contributed by atoms with Gasteiger partial charge >= 0.3 is 0 Å². The van der Waals surface area contributed by atoms with Crippen molar-refractivity contribution in [3.8, 4) is 0 Å². The topological polar surface area (TPSA) is 73.5 Å². The summed E-state index contributed by atoms with van der Waals surface area (Å²) in [6, 6.07) is 17.6. The van der Waals surface area contributed by atoms with E-state index in [9.17, 15) is 9.59 Å². The first-order valence-corrected chi connectivity index (χ1v) is 9.85. The molecular formula is C22H28N4O2. The predicted molar refractivity (Wildman–Crippen MR) is 110 cm³/mol. The summed E-state index contributed by atoms with van der Waals surface area (Å²) in [5.41, 5.74) is 1.31. The number of amides is 2. The van der Waals surface area contributed by atoms with Crippen LogP contribution >= 0.6 is 0 Å². The Morgan fingerprint density at radius 3 is 2.29 bits per heavy atom. The molecule has 148 valence electrons. The van der Waals surface area contributed by atoms with Crippen molar-refractivity contribution < 1.29 is 9.59 Å². The van der Waals surface area contributed by atoms with Gasteiger partial charge in [-0.25, -0.2) is 0 Å². The molecule has 1 saturated heterocycles. The lowest BCUT2D eigenvalue weighted by molar-refractivity contribution is -0.123. The van der Waals surface area contributed by atoms with Gasteiger partial charge in [0, 0.05) is 38.3 Å². The number of carbonyl (C=O) groups excluding carboxylic acids is 2. The molecule has 0 saturated carbocycles. The Bertz CT molecular complexity index is 746. The van der Waals surface area contributed by atoms with Crippen molar-refractivity contribution in [1.29, 1.82) is 0 Å². The van der Waals surface area contributed by atoms with Gasteiger partial charge in [-0.3, -0.25) is 9.59 Å². The average Bonchev–Trinajstić information content (AvgIpc) is 2.76. The summed E-state index contributed by atoms with van der Waals surface area (Å²) >= 11 is 0. The summed E-state index contributed by atoms with van der Waals surface area (Å²) in [5, 5.41) is 9.19. The number of benzene rings is 2. The molecule has 2 amide bonds. The van der Waals surface area contributed by atoms with Crippen molar-refractivity contribution in [3.63, 3.8) is 0 Å². The van der Waals surface area contributed by atoms with Crippen molar-refractivity contribution >= 4 is 11.8 Å². The standard InChI is InChI=1S/C22H28N4O2/c27-21(19-10-5-2-6-11-19)25-20(18-8-3-1-4-9-18)22(28)24-12-7-15-26-16-13-23-14-17-26/h1-6,8-11,20,23H,7,12-17H2,(H,24,28)(H,25,27). The zero-order chi connectivity index (χ0) is 19.6. The van der Waals surface area contributed by atoms with Gasteiger partial charge in [0.25, 0.3) is 5.91 Å². The Kier molecular flexibility index (Phi) is 7.58. The van der Waals surface area contributed by atoms with Crippen LogP contribution in [0.3, 0.4) is 0 Å². The lowest BCUT2D eigenvalue weighted by Gasteiger charge is -2.27. The maximum Gasteiger partial charge on any atom is 0.252 e. The van der Waals surface area contributed by atoms with Crippen LogP contribution in [0, 0.1) is 0 Å². The third kappa shape index (κ3) is 5.90. The highest BCUT2D eigenvalue weighted by atomic mass is 16.2. The highest BCUT2D eigenvalue weighted by Gasteiger charge is 2.23. The van der Waals surface area contributed by atoms with Gasteiger partial charge < -0.3 is 20.9 Å². The SMILES string of the molecule is O=C(NC(C(=O)NCCCN1CCNCC1)c1ccccc1)c1ccccc1. The molecule has 1 atom stereocenters. The van der Waals surface area contributed by atoms with Gasteiger partial charge in [-0.2, -0.15) is 0 Å². The zero-order valence-electron chi connectivity index (χ0n) is 16.1. The smallest absolute Gasteiger partial charge is 0.252 e. The fourth-order valence-corrected chi connectivity index (χ4v) is 3.30. The fourth-order valence-electron chi connectivity index (χ4n) is 3.30. The molecule has 0 aliphatic carbocycles. The minimum atomic E-state index is -0.715. The Labute approximate surface area is 166 Å². The van der Waals surface area contributed by atoms with Crippen LogP contribution in [0.1, 0.15) is 28.4 Å². The molecule has 2 aromatic rings. The predicted octanol–water partition coefficient (Wildman–Crippen LogP) is 1.57. The molecule has 0 bridgehead atoms. The molecule has 1 aliphatic rings. The van der Waals surface area contributed by atoms with E-state index in [0.29, 0.717) is 12.1 Å². The van der Waals surface area contributed by atoms with Gasteiger partial charge in [-0.1, -0.05) is 48.5 Å². The molecule has 1 heterocycles. The number of hydrogen-bond acceptors (Lipinski definition) is 4. The van der Waals surface area contributed by atoms with Crippen LogP contribution in [0.15, 0.2) is 60.7 Å². The number of nitrogens with one attached hydrogen (secondary N) is 3. The van der Waals surface area contributed by atoms with Crippen molar-refractivity contribution in [2.75, 3.05) is 39.3 Å². The molecule has 0 radical (unpaired) electrons. The van der Waals surface area contributed by atoms with Gasteiger partial charge in [-0.05, 0) is 30.7 Å². The van der Waals surface area contributed by atoms with E-state index >= 15 is 0 Å². The van der Waals surface area contributed by atoms with E-state index in [2.05, 4.69) is 20.9 Å². The maximum absolute atomic E-state index is 12.8. The van der Waals surface area contributed by atoms with Gasteiger partial charge in [0.1, 0.15) is 6.04 Å². The molecular weight excluding hydrogens is 352 g/mol. The second-order valence-corrected chi connectivity index (χ2v) is 6.92. The Balaban J connectivity index is 1.57. The zero-order valence-corrected chi connectivity index (χ0v) is 16.1. The van der Waals surface area contributed by atoms with Gasteiger partial charge in [0.05, 0.1) is 0 Å². The molecule has 0 spiro atoms. The molecule has 1 fully saturated rings. The molecule has 1 aliphatic heterocycles.